The molecule has 0 radical (unpaired) electrons. The molecule has 0 unspecified atom stereocenters. The van der Waals surface area contributed by atoms with Crippen LogP contribution in [-0.4, -0.2) is 40.3 Å². The lowest BCUT2D eigenvalue weighted by Crippen LogP contribution is -2.55. The summed E-state index contributed by atoms with van der Waals surface area (Å²) in [6.07, 6.45) is 3.20. The molecular formula is C24H29NO4. The Morgan fingerprint density at radius 3 is 2.38 bits per heavy atom. The minimum Gasteiger partial charge on any atom is -0.480 e. The SMILES string of the molecule is CC(C)(C)C1CCC2(CC1)OC[C@H](C(=O)O)N2C(=O)c1cccc2ccccc12. The Hall–Kier alpha value is -2.40. The Labute approximate surface area is 171 Å². The highest BCUT2D eigenvalue weighted by Gasteiger charge is 2.54. The third-order valence-electron chi connectivity index (χ3n) is 6.78. The second kappa shape index (κ2) is 7.13. The number of carbonyl (C=O) groups excluding carboxylic acids is 1. The monoisotopic (exact) mass is 395 g/mol. The van der Waals surface area contributed by atoms with Gasteiger partial charge in [0, 0.05) is 5.56 Å². The predicted molar refractivity (Wildman–Crippen MR) is 112 cm³/mol. The van der Waals surface area contributed by atoms with Gasteiger partial charge < -0.3 is 9.84 Å². The first kappa shape index (κ1) is 19.9. The van der Waals surface area contributed by atoms with Gasteiger partial charge in [0.25, 0.3) is 5.91 Å². The molecule has 1 amide bonds. The van der Waals surface area contributed by atoms with Crippen molar-refractivity contribution in [2.45, 2.75) is 58.2 Å². The van der Waals surface area contributed by atoms with Gasteiger partial charge in [-0.05, 0) is 53.9 Å². The Balaban J connectivity index is 1.72. The fraction of sp³-hybridized carbons (Fsp3) is 0.500. The summed E-state index contributed by atoms with van der Waals surface area (Å²) in [6.45, 7) is 6.77. The highest BCUT2D eigenvalue weighted by atomic mass is 16.5. The van der Waals surface area contributed by atoms with E-state index in [0.717, 1.165) is 23.6 Å². The fourth-order valence-electron chi connectivity index (χ4n) is 5.03. The van der Waals surface area contributed by atoms with Crippen LogP contribution in [0.15, 0.2) is 42.5 Å². The number of fused-ring (bicyclic) bond motifs is 1. The largest absolute Gasteiger partial charge is 0.480 e. The van der Waals surface area contributed by atoms with Crippen LogP contribution >= 0.6 is 0 Å². The molecule has 1 spiro atoms. The lowest BCUT2D eigenvalue weighted by atomic mass is 9.70. The van der Waals surface area contributed by atoms with Gasteiger partial charge in [0.2, 0.25) is 0 Å². The molecule has 5 nitrogen and oxygen atoms in total. The van der Waals surface area contributed by atoms with Gasteiger partial charge in [-0.25, -0.2) is 4.79 Å². The van der Waals surface area contributed by atoms with Crippen molar-refractivity contribution < 1.29 is 19.4 Å². The van der Waals surface area contributed by atoms with E-state index in [1.54, 1.807) is 6.07 Å². The molecule has 29 heavy (non-hydrogen) atoms. The van der Waals surface area contributed by atoms with E-state index in [0.29, 0.717) is 24.3 Å². The Morgan fingerprint density at radius 2 is 1.72 bits per heavy atom. The minimum absolute atomic E-state index is 0.0476. The van der Waals surface area contributed by atoms with Crippen molar-refractivity contribution in [2.24, 2.45) is 11.3 Å². The second-order valence-corrected chi connectivity index (χ2v) is 9.45. The van der Waals surface area contributed by atoms with Crippen LogP contribution in [0.4, 0.5) is 0 Å². The van der Waals surface area contributed by atoms with Crippen LogP contribution in [-0.2, 0) is 9.53 Å². The van der Waals surface area contributed by atoms with Crippen LogP contribution in [0.2, 0.25) is 0 Å². The molecule has 0 bridgehead atoms. The molecule has 2 fully saturated rings. The molecule has 1 saturated carbocycles. The molecule has 154 valence electrons. The standard InChI is InChI=1S/C24H29NO4/c1-23(2,3)17-11-13-24(14-12-17)25(20(15-29-24)22(27)28)21(26)19-10-6-8-16-7-4-5-9-18(16)19/h4-10,17,20H,11-15H2,1-3H3,(H,27,28)/t17?,20-,24?/m1/s1. The number of nitrogens with zero attached hydrogens (tertiary/aromatic N) is 1. The number of aliphatic carboxylic acids is 1. The van der Waals surface area contributed by atoms with Crippen LogP contribution in [0.3, 0.4) is 0 Å². The van der Waals surface area contributed by atoms with Gasteiger partial charge in [0.1, 0.15) is 5.72 Å². The van der Waals surface area contributed by atoms with Crippen molar-refractivity contribution in [2.75, 3.05) is 6.61 Å². The number of rotatable bonds is 2. The average Bonchev–Trinajstić information content (AvgIpc) is 3.05. The number of benzene rings is 2. The fourth-order valence-corrected chi connectivity index (χ4v) is 5.03. The smallest absolute Gasteiger partial charge is 0.328 e. The number of carboxylic acids is 1. The second-order valence-electron chi connectivity index (χ2n) is 9.45. The first-order valence-electron chi connectivity index (χ1n) is 10.4. The lowest BCUT2D eigenvalue weighted by Gasteiger charge is -2.46. The van der Waals surface area contributed by atoms with Crippen molar-refractivity contribution in [3.63, 3.8) is 0 Å². The van der Waals surface area contributed by atoms with Gasteiger partial charge in [-0.3, -0.25) is 9.69 Å². The van der Waals surface area contributed by atoms with Gasteiger partial charge in [0.15, 0.2) is 6.04 Å². The molecule has 2 aliphatic rings. The topological polar surface area (TPSA) is 66.8 Å². The number of ether oxygens (including phenoxy) is 1. The zero-order valence-corrected chi connectivity index (χ0v) is 17.4. The first-order valence-corrected chi connectivity index (χ1v) is 10.4. The number of carboxylic acid groups (broad SMARTS) is 1. The zero-order chi connectivity index (χ0) is 20.8. The number of hydrogen-bond donors (Lipinski definition) is 1. The summed E-state index contributed by atoms with van der Waals surface area (Å²) >= 11 is 0. The molecule has 0 aromatic heterocycles. The summed E-state index contributed by atoms with van der Waals surface area (Å²) in [5.74, 6) is -0.718. The van der Waals surface area contributed by atoms with E-state index in [1.807, 2.05) is 36.4 Å². The summed E-state index contributed by atoms with van der Waals surface area (Å²) in [7, 11) is 0. The van der Waals surface area contributed by atoms with Crippen LogP contribution in [0.25, 0.3) is 10.8 Å². The molecule has 1 aliphatic carbocycles. The summed E-state index contributed by atoms with van der Waals surface area (Å²) < 4.78 is 6.11. The van der Waals surface area contributed by atoms with E-state index in [4.69, 9.17) is 4.74 Å². The van der Waals surface area contributed by atoms with Crippen molar-refractivity contribution in [3.05, 3.63) is 48.0 Å². The predicted octanol–water partition coefficient (Wildman–Crippen LogP) is 4.70. The van der Waals surface area contributed by atoms with Crippen molar-refractivity contribution in [1.29, 1.82) is 0 Å². The van der Waals surface area contributed by atoms with Crippen LogP contribution < -0.4 is 0 Å². The Morgan fingerprint density at radius 1 is 1.07 bits per heavy atom. The Bertz CT molecular complexity index is 932. The molecule has 4 rings (SSSR count). The van der Waals surface area contributed by atoms with Crippen molar-refractivity contribution in [1.82, 2.24) is 4.90 Å². The summed E-state index contributed by atoms with van der Waals surface area (Å²) in [5, 5.41) is 11.6. The van der Waals surface area contributed by atoms with Crippen LogP contribution in [0.1, 0.15) is 56.8 Å². The normalized spacial score (nSPS) is 27.5. The maximum atomic E-state index is 13.7. The number of carbonyl (C=O) groups is 2. The van der Waals surface area contributed by atoms with Gasteiger partial charge in [-0.1, -0.05) is 57.2 Å². The summed E-state index contributed by atoms with van der Waals surface area (Å²) in [6, 6.07) is 12.4. The molecular weight excluding hydrogens is 366 g/mol. The van der Waals surface area contributed by atoms with Gasteiger partial charge in [0.05, 0.1) is 6.61 Å². The molecule has 1 saturated heterocycles. The molecule has 2 aromatic carbocycles. The Kier molecular flexibility index (Phi) is 4.89. The number of amides is 1. The van der Waals surface area contributed by atoms with E-state index in [2.05, 4.69) is 20.8 Å². The quantitative estimate of drug-likeness (QED) is 0.800. The van der Waals surface area contributed by atoms with Gasteiger partial charge in [-0.2, -0.15) is 0 Å². The average molecular weight is 395 g/mol. The highest BCUT2D eigenvalue weighted by Crippen LogP contribution is 2.47. The van der Waals surface area contributed by atoms with E-state index in [1.165, 1.54) is 4.90 Å². The molecule has 5 heteroatoms. The molecule has 1 atom stereocenters. The van der Waals surface area contributed by atoms with E-state index in [9.17, 15) is 14.7 Å². The summed E-state index contributed by atoms with van der Waals surface area (Å²) in [5.41, 5.74) is -0.0902. The maximum Gasteiger partial charge on any atom is 0.328 e. The molecule has 1 aliphatic heterocycles. The zero-order valence-electron chi connectivity index (χ0n) is 17.4. The minimum atomic E-state index is -1.01. The van der Waals surface area contributed by atoms with E-state index in [-0.39, 0.29) is 17.9 Å². The summed E-state index contributed by atoms with van der Waals surface area (Å²) in [4.78, 5) is 27.2. The van der Waals surface area contributed by atoms with E-state index >= 15 is 0 Å². The molecule has 1 heterocycles. The lowest BCUT2D eigenvalue weighted by molar-refractivity contribution is -0.144. The molecule has 2 aromatic rings. The van der Waals surface area contributed by atoms with Crippen LogP contribution in [0, 0.1) is 11.3 Å². The first-order chi connectivity index (χ1) is 13.7. The third kappa shape index (κ3) is 3.42. The van der Waals surface area contributed by atoms with Crippen molar-refractivity contribution in [3.8, 4) is 0 Å². The maximum absolute atomic E-state index is 13.7. The van der Waals surface area contributed by atoms with Crippen molar-refractivity contribution >= 4 is 22.6 Å². The van der Waals surface area contributed by atoms with E-state index < -0.39 is 17.7 Å². The third-order valence-corrected chi connectivity index (χ3v) is 6.78. The molecule has 1 N–H and O–H groups in total. The van der Waals surface area contributed by atoms with Crippen LogP contribution in [0.5, 0.6) is 0 Å². The highest BCUT2D eigenvalue weighted by molar-refractivity contribution is 6.08. The van der Waals surface area contributed by atoms with Gasteiger partial charge >= 0.3 is 5.97 Å². The van der Waals surface area contributed by atoms with Gasteiger partial charge in [-0.15, -0.1) is 0 Å². The number of hydrogen-bond acceptors (Lipinski definition) is 3.